The lowest BCUT2D eigenvalue weighted by atomic mass is 10.2. The molecule has 0 fully saturated rings. The van der Waals surface area contributed by atoms with Crippen molar-refractivity contribution >= 4 is 22.0 Å². The van der Waals surface area contributed by atoms with E-state index in [-0.39, 0.29) is 34.4 Å². The molecule has 0 aliphatic rings. The van der Waals surface area contributed by atoms with E-state index in [1.807, 2.05) is 0 Å². The van der Waals surface area contributed by atoms with Crippen LogP contribution in [0, 0.1) is 0 Å². The molecule has 0 N–H and O–H groups in total. The van der Waals surface area contributed by atoms with E-state index in [4.69, 9.17) is 18.1 Å². The smallest absolute Gasteiger partial charge is 0.340 e. The SMILES string of the molecule is COCCN(Cc1cccc(OS(=O)(=O)c2ccccc2C(=O)OC(C)C)c1)C(=O)c1ccco1. The van der Waals surface area contributed by atoms with Gasteiger partial charge in [0, 0.05) is 20.2 Å². The van der Waals surface area contributed by atoms with E-state index in [2.05, 4.69) is 0 Å². The first-order valence-corrected chi connectivity index (χ1v) is 12.3. The number of methoxy groups -OCH3 is 1. The molecule has 1 heterocycles. The Bertz CT molecular complexity index is 1250. The first-order valence-electron chi connectivity index (χ1n) is 10.9. The van der Waals surface area contributed by atoms with Crippen molar-refractivity contribution in [1.29, 1.82) is 0 Å². The fourth-order valence-corrected chi connectivity index (χ4v) is 4.34. The van der Waals surface area contributed by atoms with Gasteiger partial charge in [0.15, 0.2) is 5.76 Å². The van der Waals surface area contributed by atoms with Gasteiger partial charge in [-0.25, -0.2) is 4.79 Å². The third-order valence-corrected chi connectivity index (χ3v) is 6.09. The molecule has 0 radical (unpaired) electrons. The molecule has 1 amide bonds. The molecule has 35 heavy (non-hydrogen) atoms. The van der Waals surface area contributed by atoms with Crippen LogP contribution < -0.4 is 4.18 Å². The zero-order valence-corrected chi connectivity index (χ0v) is 20.5. The van der Waals surface area contributed by atoms with Crippen LogP contribution in [-0.4, -0.2) is 51.6 Å². The van der Waals surface area contributed by atoms with Gasteiger partial charge in [0.05, 0.1) is 24.5 Å². The minimum atomic E-state index is -4.35. The minimum Gasteiger partial charge on any atom is -0.459 e. The maximum atomic E-state index is 13.0. The number of furan rings is 1. The normalized spacial score (nSPS) is 11.3. The fourth-order valence-electron chi connectivity index (χ4n) is 3.23. The monoisotopic (exact) mass is 501 g/mol. The van der Waals surface area contributed by atoms with Crippen LogP contribution in [0.2, 0.25) is 0 Å². The quantitative estimate of drug-likeness (QED) is 0.287. The van der Waals surface area contributed by atoms with Crippen LogP contribution in [0.3, 0.4) is 0 Å². The number of esters is 1. The van der Waals surface area contributed by atoms with Gasteiger partial charge < -0.3 is 23.0 Å². The van der Waals surface area contributed by atoms with Gasteiger partial charge in [-0.05, 0) is 55.8 Å². The summed E-state index contributed by atoms with van der Waals surface area (Å²) in [6.45, 7) is 4.11. The Kier molecular flexibility index (Phi) is 8.67. The molecule has 2 aromatic carbocycles. The van der Waals surface area contributed by atoms with Crippen LogP contribution in [0.5, 0.6) is 5.75 Å². The van der Waals surface area contributed by atoms with Crippen LogP contribution in [-0.2, 0) is 26.1 Å². The van der Waals surface area contributed by atoms with Crippen LogP contribution >= 0.6 is 0 Å². The molecule has 1 aromatic heterocycles. The summed E-state index contributed by atoms with van der Waals surface area (Å²) in [5.74, 6) is -0.877. The second-order valence-electron chi connectivity index (χ2n) is 7.83. The van der Waals surface area contributed by atoms with Crippen LogP contribution in [0.1, 0.15) is 40.3 Å². The lowest BCUT2D eigenvalue weighted by Crippen LogP contribution is -2.33. The van der Waals surface area contributed by atoms with E-state index in [0.717, 1.165) is 0 Å². The maximum Gasteiger partial charge on any atom is 0.340 e. The molecule has 3 rings (SSSR count). The van der Waals surface area contributed by atoms with E-state index < -0.39 is 22.2 Å². The third-order valence-electron chi connectivity index (χ3n) is 4.78. The number of hydrogen-bond acceptors (Lipinski definition) is 8. The number of benzene rings is 2. The molecule has 0 saturated carbocycles. The largest absolute Gasteiger partial charge is 0.459 e. The van der Waals surface area contributed by atoms with Crippen molar-refractivity contribution in [3.05, 3.63) is 83.8 Å². The van der Waals surface area contributed by atoms with Crippen LogP contribution in [0.4, 0.5) is 0 Å². The molecule has 0 saturated heterocycles. The summed E-state index contributed by atoms with van der Waals surface area (Å²) in [6, 6.07) is 15.2. The topological polar surface area (TPSA) is 112 Å². The summed E-state index contributed by atoms with van der Waals surface area (Å²) in [6.07, 6.45) is 0.997. The van der Waals surface area contributed by atoms with Crippen molar-refractivity contribution in [2.75, 3.05) is 20.3 Å². The molecule has 0 unspecified atom stereocenters. The Balaban J connectivity index is 1.82. The van der Waals surface area contributed by atoms with Gasteiger partial charge in [0.2, 0.25) is 0 Å². The van der Waals surface area contributed by atoms with Crippen LogP contribution in [0.25, 0.3) is 0 Å². The zero-order valence-electron chi connectivity index (χ0n) is 19.7. The molecular formula is C25H27NO8S. The minimum absolute atomic E-state index is 0.0340. The van der Waals surface area contributed by atoms with Crippen molar-refractivity contribution in [1.82, 2.24) is 4.90 Å². The molecule has 0 bridgehead atoms. The number of nitrogens with zero attached hydrogens (tertiary/aromatic N) is 1. The van der Waals surface area contributed by atoms with Crippen molar-refractivity contribution in [2.24, 2.45) is 0 Å². The number of amides is 1. The van der Waals surface area contributed by atoms with E-state index in [1.165, 1.54) is 48.6 Å². The maximum absolute atomic E-state index is 13.0. The van der Waals surface area contributed by atoms with E-state index in [1.54, 1.807) is 44.2 Å². The molecule has 0 atom stereocenters. The number of ether oxygens (including phenoxy) is 2. The molecule has 0 aliphatic heterocycles. The Morgan fingerprint density at radius 1 is 1.03 bits per heavy atom. The first kappa shape index (κ1) is 26.0. The standard InChI is InChI=1S/C25H27NO8S/c1-18(2)33-25(28)21-10-4-5-12-23(21)35(29,30)34-20-9-6-8-19(16-20)17-26(13-15-31-3)24(27)22-11-7-14-32-22/h4-12,14,16,18H,13,15,17H2,1-3H3. The molecule has 9 nitrogen and oxygen atoms in total. The predicted octanol–water partition coefficient (Wildman–Crippen LogP) is 3.90. The molecule has 186 valence electrons. The number of hydrogen-bond donors (Lipinski definition) is 0. The second kappa shape index (κ2) is 11.7. The van der Waals surface area contributed by atoms with E-state index in [9.17, 15) is 18.0 Å². The van der Waals surface area contributed by atoms with Crippen molar-refractivity contribution in [2.45, 2.75) is 31.4 Å². The summed E-state index contributed by atoms with van der Waals surface area (Å²) < 4.78 is 46.9. The lowest BCUT2D eigenvalue weighted by Gasteiger charge is -2.21. The highest BCUT2D eigenvalue weighted by atomic mass is 32.2. The van der Waals surface area contributed by atoms with Gasteiger partial charge in [0.25, 0.3) is 5.91 Å². The Morgan fingerprint density at radius 3 is 2.49 bits per heavy atom. The predicted molar refractivity (Wildman–Crippen MR) is 127 cm³/mol. The van der Waals surface area contributed by atoms with Gasteiger partial charge in [0.1, 0.15) is 10.6 Å². The van der Waals surface area contributed by atoms with Crippen molar-refractivity contribution in [3.8, 4) is 5.75 Å². The lowest BCUT2D eigenvalue weighted by molar-refractivity contribution is 0.0372. The van der Waals surface area contributed by atoms with E-state index >= 15 is 0 Å². The summed E-state index contributed by atoms with van der Waals surface area (Å²) in [5.41, 5.74) is 0.508. The highest BCUT2D eigenvalue weighted by molar-refractivity contribution is 7.87. The van der Waals surface area contributed by atoms with Crippen molar-refractivity contribution in [3.63, 3.8) is 0 Å². The summed E-state index contributed by atoms with van der Waals surface area (Å²) in [5, 5.41) is 0. The molecule has 10 heteroatoms. The molecular weight excluding hydrogens is 474 g/mol. The van der Waals surface area contributed by atoms with Gasteiger partial charge in [-0.3, -0.25) is 4.79 Å². The van der Waals surface area contributed by atoms with Crippen molar-refractivity contribution < 1.29 is 36.1 Å². The summed E-state index contributed by atoms with van der Waals surface area (Å²) in [4.78, 5) is 26.4. The number of rotatable bonds is 11. The highest BCUT2D eigenvalue weighted by Crippen LogP contribution is 2.24. The Hall–Kier alpha value is -3.63. The fraction of sp³-hybridized carbons (Fsp3) is 0.280. The van der Waals surface area contributed by atoms with E-state index in [0.29, 0.717) is 18.7 Å². The zero-order chi connectivity index (χ0) is 25.4. The van der Waals surface area contributed by atoms with Gasteiger partial charge in [-0.15, -0.1) is 0 Å². The highest BCUT2D eigenvalue weighted by Gasteiger charge is 2.26. The molecule has 0 aliphatic carbocycles. The van der Waals surface area contributed by atoms with Crippen LogP contribution in [0.15, 0.2) is 76.2 Å². The van der Waals surface area contributed by atoms with Gasteiger partial charge >= 0.3 is 16.1 Å². The second-order valence-corrected chi connectivity index (χ2v) is 9.35. The van der Waals surface area contributed by atoms with Gasteiger partial charge in [-0.2, -0.15) is 8.42 Å². The average molecular weight is 502 g/mol. The molecule has 0 spiro atoms. The number of carbonyl (C=O) groups is 2. The summed E-state index contributed by atoms with van der Waals surface area (Å²) >= 11 is 0. The number of carbonyl (C=O) groups excluding carboxylic acids is 2. The van der Waals surface area contributed by atoms with Gasteiger partial charge in [-0.1, -0.05) is 24.3 Å². The third kappa shape index (κ3) is 6.93. The Labute approximate surface area is 204 Å². The molecule has 3 aromatic rings. The summed E-state index contributed by atoms with van der Waals surface area (Å²) in [7, 11) is -2.82. The Morgan fingerprint density at radius 2 is 1.80 bits per heavy atom. The average Bonchev–Trinajstić information content (AvgIpc) is 3.36. The first-order chi connectivity index (χ1) is 16.7.